The molecule has 0 aliphatic rings. The van der Waals surface area contributed by atoms with Gasteiger partial charge in [0.25, 0.3) is 0 Å². The molecule has 98 valence electrons. The SMILES string of the molecule is CCN(c1ccccc1F)c1cc(Cl)ccc1C=O. The maximum atomic E-state index is 13.9. The van der Waals surface area contributed by atoms with Crippen molar-refractivity contribution in [3.63, 3.8) is 0 Å². The van der Waals surface area contributed by atoms with Crippen molar-refractivity contribution >= 4 is 29.3 Å². The van der Waals surface area contributed by atoms with Crippen LogP contribution in [0.2, 0.25) is 5.02 Å². The van der Waals surface area contributed by atoms with Gasteiger partial charge in [0.05, 0.1) is 11.4 Å². The fraction of sp³-hybridized carbons (Fsp3) is 0.133. The van der Waals surface area contributed by atoms with E-state index in [0.29, 0.717) is 28.5 Å². The number of anilines is 2. The zero-order valence-electron chi connectivity index (χ0n) is 10.4. The van der Waals surface area contributed by atoms with Crippen LogP contribution in [0.25, 0.3) is 0 Å². The first kappa shape index (κ1) is 13.6. The Morgan fingerprint density at radius 3 is 2.58 bits per heavy atom. The lowest BCUT2D eigenvalue weighted by Crippen LogP contribution is -2.18. The van der Waals surface area contributed by atoms with Crippen molar-refractivity contribution in [2.24, 2.45) is 0 Å². The van der Waals surface area contributed by atoms with Crippen molar-refractivity contribution < 1.29 is 9.18 Å². The number of aldehydes is 1. The first-order valence-electron chi connectivity index (χ1n) is 5.94. The highest BCUT2D eigenvalue weighted by molar-refractivity contribution is 6.31. The van der Waals surface area contributed by atoms with Gasteiger partial charge in [0.1, 0.15) is 5.82 Å². The Labute approximate surface area is 116 Å². The summed E-state index contributed by atoms with van der Waals surface area (Å²) >= 11 is 5.97. The number of carbonyl (C=O) groups is 1. The first-order chi connectivity index (χ1) is 9.17. The number of rotatable bonds is 4. The maximum Gasteiger partial charge on any atom is 0.152 e. The minimum Gasteiger partial charge on any atom is -0.339 e. The molecule has 0 amide bonds. The molecule has 0 fully saturated rings. The van der Waals surface area contributed by atoms with Crippen LogP contribution in [0.15, 0.2) is 42.5 Å². The third kappa shape index (κ3) is 2.76. The van der Waals surface area contributed by atoms with Gasteiger partial charge in [-0.2, -0.15) is 0 Å². The highest BCUT2D eigenvalue weighted by Crippen LogP contribution is 2.31. The molecule has 0 atom stereocenters. The molecule has 0 radical (unpaired) electrons. The van der Waals surface area contributed by atoms with Crippen LogP contribution in [0.4, 0.5) is 15.8 Å². The van der Waals surface area contributed by atoms with Gasteiger partial charge < -0.3 is 4.90 Å². The average molecular weight is 278 g/mol. The van der Waals surface area contributed by atoms with E-state index in [1.807, 2.05) is 6.92 Å². The summed E-state index contributed by atoms with van der Waals surface area (Å²) in [6.45, 7) is 2.42. The summed E-state index contributed by atoms with van der Waals surface area (Å²) in [5.74, 6) is -0.332. The molecular weight excluding hydrogens is 265 g/mol. The van der Waals surface area contributed by atoms with Crippen LogP contribution >= 0.6 is 11.6 Å². The lowest BCUT2D eigenvalue weighted by Gasteiger charge is -2.25. The predicted octanol–water partition coefficient (Wildman–Crippen LogP) is 4.45. The van der Waals surface area contributed by atoms with E-state index in [-0.39, 0.29) is 5.82 Å². The Morgan fingerprint density at radius 1 is 1.21 bits per heavy atom. The minimum absolute atomic E-state index is 0.332. The molecule has 2 aromatic rings. The van der Waals surface area contributed by atoms with Gasteiger partial charge in [0.2, 0.25) is 0 Å². The number of benzene rings is 2. The fourth-order valence-electron chi connectivity index (χ4n) is 1.99. The fourth-order valence-corrected chi connectivity index (χ4v) is 2.16. The van der Waals surface area contributed by atoms with E-state index in [0.717, 1.165) is 6.29 Å². The molecule has 0 aromatic heterocycles. The average Bonchev–Trinajstić information content (AvgIpc) is 2.42. The van der Waals surface area contributed by atoms with E-state index in [4.69, 9.17) is 11.6 Å². The Kier molecular flexibility index (Phi) is 4.17. The topological polar surface area (TPSA) is 20.3 Å². The van der Waals surface area contributed by atoms with E-state index in [9.17, 15) is 9.18 Å². The van der Waals surface area contributed by atoms with Crippen molar-refractivity contribution in [1.29, 1.82) is 0 Å². The molecule has 19 heavy (non-hydrogen) atoms. The summed E-state index contributed by atoms with van der Waals surface area (Å²) in [5, 5.41) is 0.510. The highest BCUT2D eigenvalue weighted by atomic mass is 35.5. The van der Waals surface area contributed by atoms with Gasteiger partial charge in [-0.15, -0.1) is 0 Å². The second-order valence-electron chi connectivity index (χ2n) is 4.02. The van der Waals surface area contributed by atoms with Gasteiger partial charge in [-0.1, -0.05) is 23.7 Å². The van der Waals surface area contributed by atoms with E-state index in [1.165, 1.54) is 6.07 Å². The van der Waals surface area contributed by atoms with Crippen molar-refractivity contribution in [3.05, 3.63) is 58.9 Å². The van der Waals surface area contributed by atoms with Crippen molar-refractivity contribution in [2.45, 2.75) is 6.92 Å². The highest BCUT2D eigenvalue weighted by Gasteiger charge is 2.15. The van der Waals surface area contributed by atoms with Crippen LogP contribution in [-0.2, 0) is 0 Å². The number of hydrogen-bond acceptors (Lipinski definition) is 2. The van der Waals surface area contributed by atoms with Crippen LogP contribution in [0.3, 0.4) is 0 Å². The van der Waals surface area contributed by atoms with Crippen molar-refractivity contribution in [3.8, 4) is 0 Å². The van der Waals surface area contributed by atoms with Gasteiger partial charge in [0, 0.05) is 17.1 Å². The molecule has 0 N–H and O–H groups in total. The molecule has 0 saturated heterocycles. The van der Waals surface area contributed by atoms with Gasteiger partial charge in [-0.3, -0.25) is 4.79 Å². The lowest BCUT2D eigenvalue weighted by atomic mass is 10.1. The zero-order valence-corrected chi connectivity index (χ0v) is 11.2. The second kappa shape index (κ2) is 5.85. The first-order valence-corrected chi connectivity index (χ1v) is 6.32. The molecular formula is C15H13ClFNO. The van der Waals surface area contributed by atoms with Crippen LogP contribution in [-0.4, -0.2) is 12.8 Å². The third-order valence-corrected chi connectivity index (χ3v) is 3.10. The number of para-hydroxylation sites is 1. The number of carbonyl (C=O) groups excluding carboxylic acids is 1. The van der Waals surface area contributed by atoms with E-state index in [1.54, 1.807) is 41.3 Å². The molecule has 0 bridgehead atoms. The van der Waals surface area contributed by atoms with E-state index >= 15 is 0 Å². The van der Waals surface area contributed by atoms with Crippen molar-refractivity contribution in [2.75, 3.05) is 11.4 Å². The number of hydrogen-bond donors (Lipinski definition) is 0. The maximum absolute atomic E-state index is 13.9. The molecule has 2 nitrogen and oxygen atoms in total. The Bertz CT molecular complexity index is 600. The second-order valence-corrected chi connectivity index (χ2v) is 4.45. The molecule has 0 heterocycles. The molecule has 0 unspecified atom stereocenters. The molecule has 4 heteroatoms. The Balaban J connectivity index is 2.57. The molecule has 2 aromatic carbocycles. The normalized spacial score (nSPS) is 10.3. The smallest absolute Gasteiger partial charge is 0.152 e. The van der Waals surface area contributed by atoms with E-state index in [2.05, 4.69) is 0 Å². The molecule has 0 aliphatic carbocycles. The monoisotopic (exact) mass is 277 g/mol. The summed E-state index contributed by atoms with van der Waals surface area (Å²) in [4.78, 5) is 12.8. The van der Waals surface area contributed by atoms with Gasteiger partial charge in [-0.25, -0.2) is 4.39 Å². The summed E-state index contributed by atoms with van der Waals surface area (Å²) in [5.41, 5.74) is 1.51. The van der Waals surface area contributed by atoms with Crippen LogP contribution < -0.4 is 4.90 Å². The number of nitrogens with zero attached hydrogens (tertiary/aromatic N) is 1. The predicted molar refractivity (Wildman–Crippen MR) is 75.9 cm³/mol. The summed E-state index contributed by atoms with van der Waals surface area (Å²) in [6, 6.07) is 11.4. The van der Waals surface area contributed by atoms with Crippen LogP contribution in [0, 0.1) is 5.82 Å². The van der Waals surface area contributed by atoms with Crippen LogP contribution in [0.5, 0.6) is 0 Å². The Hall–Kier alpha value is -1.87. The Morgan fingerprint density at radius 2 is 1.95 bits per heavy atom. The summed E-state index contributed by atoms with van der Waals surface area (Å²) in [7, 11) is 0. The molecule has 2 rings (SSSR count). The molecule has 0 saturated carbocycles. The minimum atomic E-state index is -0.332. The van der Waals surface area contributed by atoms with Gasteiger partial charge in [0.15, 0.2) is 6.29 Å². The largest absolute Gasteiger partial charge is 0.339 e. The van der Waals surface area contributed by atoms with Crippen LogP contribution in [0.1, 0.15) is 17.3 Å². The molecule has 0 aliphatic heterocycles. The van der Waals surface area contributed by atoms with Crippen molar-refractivity contribution in [1.82, 2.24) is 0 Å². The number of halogens is 2. The summed E-state index contributed by atoms with van der Waals surface area (Å²) < 4.78 is 13.9. The lowest BCUT2D eigenvalue weighted by molar-refractivity contribution is 0.112. The standard InChI is InChI=1S/C15H13ClFNO/c1-2-18(14-6-4-3-5-13(14)17)15-9-12(16)8-7-11(15)10-19/h3-10H,2H2,1H3. The van der Waals surface area contributed by atoms with Gasteiger partial charge >= 0.3 is 0 Å². The van der Waals surface area contributed by atoms with E-state index < -0.39 is 0 Å². The zero-order chi connectivity index (χ0) is 13.8. The summed E-state index contributed by atoms with van der Waals surface area (Å²) in [6.07, 6.45) is 0.745. The quantitative estimate of drug-likeness (QED) is 0.770. The molecule has 0 spiro atoms. The third-order valence-electron chi connectivity index (χ3n) is 2.87. The van der Waals surface area contributed by atoms with Gasteiger partial charge in [-0.05, 0) is 37.3 Å².